The summed E-state index contributed by atoms with van der Waals surface area (Å²) in [6, 6.07) is 9.73. The molecule has 0 aliphatic carbocycles. The Morgan fingerprint density at radius 2 is 2.00 bits per heavy atom. The number of carbonyl (C=O) groups is 1. The fraction of sp³-hybridized carbons (Fsp3) is 0.235. The molecule has 0 atom stereocenters. The molecule has 0 aliphatic heterocycles. The fourth-order valence-electron chi connectivity index (χ4n) is 2.62. The average Bonchev–Trinajstić information content (AvgIpc) is 3.12. The maximum Gasteiger partial charge on any atom is 0.259 e. The molecule has 0 saturated carbocycles. The molecule has 3 rings (SSSR count). The first-order valence-corrected chi connectivity index (χ1v) is 7.54. The molecule has 1 aromatic carbocycles. The number of aromatic nitrogens is 4. The van der Waals surface area contributed by atoms with E-state index < -0.39 is 0 Å². The van der Waals surface area contributed by atoms with Crippen LogP contribution in [0.3, 0.4) is 0 Å². The highest BCUT2D eigenvalue weighted by molar-refractivity contribution is 6.05. The first-order valence-electron chi connectivity index (χ1n) is 7.54. The van der Waals surface area contributed by atoms with Crippen molar-refractivity contribution in [2.75, 3.05) is 12.4 Å². The summed E-state index contributed by atoms with van der Waals surface area (Å²) in [5.41, 5.74) is 3.57. The summed E-state index contributed by atoms with van der Waals surface area (Å²) in [6.45, 7) is 4.05. The molecule has 0 spiro atoms. The van der Waals surface area contributed by atoms with Gasteiger partial charge in [0.25, 0.3) is 5.91 Å². The fourth-order valence-corrected chi connectivity index (χ4v) is 2.62. The van der Waals surface area contributed by atoms with Crippen LogP contribution in [-0.4, -0.2) is 32.6 Å². The number of nitrogens with zero attached hydrogens (tertiary/aromatic N) is 4. The number of methoxy groups -OCH3 is 1. The van der Waals surface area contributed by atoms with Crippen molar-refractivity contribution in [3.8, 4) is 5.69 Å². The van der Waals surface area contributed by atoms with Crippen molar-refractivity contribution in [1.82, 2.24) is 19.6 Å². The lowest BCUT2D eigenvalue weighted by Gasteiger charge is -2.05. The van der Waals surface area contributed by atoms with Crippen LogP contribution in [0, 0.1) is 13.8 Å². The predicted octanol–water partition coefficient (Wildman–Crippen LogP) is 2.54. The summed E-state index contributed by atoms with van der Waals surface area (Å²) in [5.74, 6) is -0.204. The van der Waals surface area contributed by atoms with Crippen molar-refractivity contribution in [3.63, 3.8) is 0 Å². The number of amides is 1. The molecular formula is C17H19N5O2. The third-order valence-electron chi connectivity index (χ3n) is 3.67. The van der Waals surface area contributed by atoms with Gasteiger partial charge in [0.1, 0.15) is 6.73 Å². The van der Waals surface area contributed by atoms with Crippen LogP contribution < -0.4 is 5.32 Å². The minimum absolute atomic E-state index is 0.204. The summed E-state index contributed by atoms with van der Waals surface area (Å²) in [5, 5.41) is 11.5. The molecule has 0 unspecified atom stereocenters. The zero-order valence-electron chi connectivity index (χ0n) is 13.9. The zero-order chi connectivity index (χ0) is 17.1. The van der Waals surface area contributed by atoms with Gasteiger partial charge in [0, 0.05) is 7.11 Å². The Hall–Kier alpha value is -2.93. The molecule has 0 bridgehead atoms. The van der Waals surface area contributed by atoms with E-state index in [1.54, 1.807) is 28.9 Å². The molecule has 2 heterocycles. The van der Waals surface area contributed by atoms with Crippen LogP contribution in [-0.2, 0) is 11.5 Å². The number of hydrogen-bond acceptors (Lipinski definition) is 4. The van der Waals surface area contributed by atoms with E-state index in [4.69, 9.17) is 4.74 Å². The molecule has 1 N–H and O–H groups in total. The number of hydrogen-bond donors (Lipinski definition) is 1. The quantitative estimate of drug-likeness (QED) is 0.782. The number of para-hydroxylation sites is 1. The number of benzene rings is 1. The molecule has 0 fully saturated rings. The number of aryl methyl sites for hydroxylation is 1. The van der Waals surface area contributed by atoms with Gasteiger partial charge in [-0.2, -0.15) is 10.2 Å². The van der Waals surface area contributed by atoms with Gasteiger partial charge in [-0.15, -0.1) is 0 Å². The van der Waals surface area contributed by atoms with Gasteiger partial charge in [-0.3, -0.25) is 4.79 Å². The van der Waals surface area contributed by atoms with Crippen molar-refractivity contribution < 1.29 is 9.53 Å². The van der Waals surface area contributed by atoms with E-state index in [0.717, 1.165) is 11.4 Å². The highest BCUT2D eigenvalue weighted by Gasteiger charge is 2.19. The molecule has 7 heteroatoms. The normalized spacial score (nSPS) is 10.8. The Balaban J connectivity index is 1.86. The number of carbonyl (C=O) groups excluding carboxylic acids is 1. The molecule has 0 aliphatic rings. The second kappa shape index (κ2) is 6.67. The Kier molecular flexibility index (Phi) is 4.43. The Labute approximate surface area is 139 Å². The van der Waals surface area contributed by atoms with E-state index >= 15 is 0 Å². The lowest BCUT2D eigenvalue weighted by Crippen LogP contribution is -2.13. The van der Waals surface area contributed by atoms with E-state index in [1.165, 1.54) is 0 Å². The van der Waals surface area contributed by atoms with Crippen molar-refractivity contribution in [3.05, 3.63) is 59.7 Å². The lowest BCUT2D eigenvalue weighted by molar-refractivity contribution is 0.102. The number of rotatable bonds is 5. The molecule has 1 amide bonds. The van der Waals surface area contributed by atoms with Crippen molar-refractivity contribution in [2.45, 2.75) is 20.6 Å². The molecular weight excluding hydrogens is 306 g/mol. The maximum absolute atomic E-state index is 12.6. The van der Waals surface area contributed by atoms with Gasteiger partial charge in [-0.05, 0) is 26.0 Å². The average molecular weight is 325 g/mol. The number of anilines is 1. The first kappa shape index (κ1) is 15.9. The first-order chi connectivity index (χ1) is 11.6. The third kappa shape index (κ3) is 3.07. The van der Waals surface area contributed by atoms with Crippen molar-refractivity contribution in [1.29, 1.82) is 0 Å². The summed E-state index contributed by atoms with van der Waals surface area (Å²) < 4.78 is 8.37. The summed E-state index contributed by atoms with van der Waals surface area (Å²) >= 11 is 0. The Morgan fingerprint density at radius 1 is 1.25 bits per heavy atom. The van der Waals surface area contributed by atoms with Crippen LogP contribution in [0.1, 0.15) is 21.7 Å². The van der Waals surface area contributed by atoms with Crippen LogP contribution in [0.4, 0.5) is 5.69 Å². The minimum Gasteiger partial charge on any atom is -0.362 e. The number of nitrogens with one attached hydrogen (secondary N) is 1. The SMILES string of the molecule is COCn1cc(NC(=O)c2c(C)nn(-c3ccccc3)c2C)cn1. The summed E-state index contributed by atoms with van der Waals surface area (Å²) in [4.78, 5) is 12.6. The van der Waals surface area contributed by atoms with Crippen molar-refractivity contribution in [2.24, 2.45) is 0 Å². The molecule has 3 aromatic rings. The molecule has 2 aromatic heterocycles. The zero-order valence-corrected chi connectivity index (χ0v) is 13.9. The van der Waals surface area contributed by atoms with E-state index in [1.807, 2.05) is 44.2 Å². The lowest BCUT2D eigenvalue weighted by atomic mass is 10.2. The number of ether oxygens (including phenoxy) is 1. The van der Waals surface area contributed by atoms with E-state index in [9.17, 15) is 4.79 Å². The Morgan fingerprint density at radius 3 is 2.71 bits per heavy atom. The van der Waals surface area contributed by atoms with Gasteiger partial charge in [-0.1, -0.05) is 18.2 Å². The van der Waals surface area contributed by atoms with E-state index in [0.29, 0.717) is 23.7 Å². The van der Waals surface area contributed by atoms with Crippen molar-refractivity contribution >= 4 is 11.6 Å². The topological polar surface area (TPSA) is 74.0 Å². The van der Waals surface area contributed by atoms with Gasteiger partial charge in [0.05, 0.1) is 40.7 Å². The van der Waals surface area contributed by atoms with Gasteiger partial charge in [-0.25, -0.2) is 9.36 Å². The largest absolute Gasteiger partial charge is 0.362 e. The standard InChI is InChI=1S/C17H19N5O2/c1-12-16(13(2)22(20-12)15-7-5-4-6-8-15)17(23)19-14-9-18-21(10-14)11-24-3/h4-10H,11H2,1-3H3,(H,19,23). The molecule has 0 saturated heterocycles. The molecule has 24 heavy (non-hydrogen) atoms. The van der Waals surface area contributed by atoms with Crippen LogP contribution in [0.5, 0.6) is 0 Å². The van der Waals surface area contributed by atoms with E-state index in [-0.39, 0.29) is 5.91 Å². The van der Waals surface area contributed by atoms with Crippen LogP contribution in [0.15, 0.2) is 42.7 Å². The molecule has 124 valence electrons. The highest BCUT2D eigenvalue weighted by Crippen LogP contribution is 2.19. The minimum atomic E-state index is -0.204. The Bertz CT molecular complexity index is 851. The van der Waals surface area contributed by atoms with Gasteiger partial charge in [0.15, 0.2) is 0 Å². The predicted molar refractivity (Wildman–Crippen MR) is 90.2 cm³/mol. The smallest absolute Gasteiger partial charge is 0.259 e. The third-order valence-corrected chi connectivity index (χ3v) is 3.67. The summed E-state index contributed by atoms with van der Waals surface area (Å²) in [7, 11) is 1.59. The molecule has 0 radical (unpaired) electrons. The van der Waals surface area contributed by atoms with Gasteiger partial charge >= 0.3 is 0 Å². The second-order valence-corrected chi connectivity index (χ2v) is 5.43. The van der Waals surface area contributed by atoms with Gasteiger partial charge < -0.3 is 10.1 Å². The highest BCUT2D eigenvalue weighted by atomic mass is 16.5. The maximum atomic E-state index is 12.6. The summed E-state index contributed by atoms with van der Waals surface area (Å²) in [6.07, 6.45) is 3.30. The van der Waals surface area contributed by atoms with Crippen LogP contribution in [0.25, 0.3) is 5.69 Å². The van der Waals surface area contributed by atoms with Crippen LogP contribution >= 0.6 is 0 Å². The molecule has 7 nitrogen and oxygen atoms in total. The van der Waals surface area contributed by atoms with Gasteiger partial charge in [0.2, 0.25) is 0 Å². The second-order valence-electron chi connectivity index (χ2n) is 5.43. The van der Waals surface area contributed by atoms with Crippen LogP contribution in [0.2, 0.25) is 0 Å². The monoisotopic (exact) mass is 325 g/mol. The van der Waals surface area contributed by atoms with E-state index in [2.05, 4.69) is 15.5 Å².